The predicted octanol–water partition coefficient (Wildman–Crippen LogP) is 0.999. The third-order valence-electron chi connectivity index (χ3n) is 8.08. The third-order valence-corrected chi connectivity index (χ3v) is 8.08. The molecule has 4 heterocycles. The molecule has 0 bridgehead atoms. The molecule has 4 amide bonds. The van der Waals surface area contributed by atoms with E-state index < -0.39 is 36.0 Å². The van der Waals surface area contributed by atoms with Crippen molar-refractivity contribution in [2.24, 2.45) is 11.8 Å². The maximum Gasteiger partial charge on any atom is 0.248 e. The first kappa shape index (κ1) is 22.7. The largest absolute Gasteiger partial charge is 0.497 e. The standard InChI is InChI=1S/C26H26N4O6/c1-27-23(31)17-19(13-5-9-15(35-3)10-6-13)30-22-18(24(32)28(2)26(22)34)20(29(30)21(17)25(27)33)14-7-11-16(36-4)12-8-14/h5-12,17-22H,1-4H3/t17-,18-,19+,20+,21+,22+/m0/s1. The molecule has 0 radical (unpaired) electrons. The average molecular weight is 491 g/mol. The fourth-order valence-corrected chi connectivity index (χ4v) is 6.38. The molecule has 4 aliphatic heterocycles. The van der Waals surface area contributed by atoms with Crippen molar-refractivity contribution in [3.8, 4) is 11.5 Å². The average Bonchev–Trinajstić information content (AvgIpc) is 3.55. The number of rotatable bonds is 4. The van der Waals surface area contributed by atoms with E-state index in [1.54, 1.807) is 38.5 Å². The molecule has 6 atom stereocenters. The van der Waals surface area contributed by atoms with Gasteiger partial charge in [-0.3, -0.25) is 29.0 Å². The third kappa shape index (κ3) is 2.79. The number of imide groups is 2. The van der Waals surface area contributed by atoms with Gasteiger partial charge in [0, 0.05) is 14.1 Å². The number of likely N-dealkylation sites (tertiary alicyclic amines) is 2. The van der Waals surface area contributed by atoms with Crippen LogP contribution in [0.25, 0.3) is 0 Å². The zero-order valence-corrected chi connectivity index (χ0v) is 20.3. The number of likely N-dealkylation sites (N-methyl/N-ethyl adjacent to an activating group) is 2. The molecule has 0 unspecified atom stereocenters. The summed E-state index contributed by atoms with van der Waals surface area (Å²) in [7, 11) is 6.11. The van der Waals surface area contributed by atoms with Crippen LogP contribution in [0, 0.1) is 11.8 Å². The van der Waals surface area contributed by atoms with E-state index in [4.69, 9.17) is 9.47 Å². The Kier molecular flexibility index (Phi) is 4.96. The molecule has 10 nitrogen and oxygen atoms in total. The van der Waals surface area contributed by atoms with E-state index in [1.165, 1.54) is 14.1 Å². The van der Waals surface area contributed by atoms with Gasteiger partial charge in [-0.05, 0) is 35.4 Å². The minimum absolute atomic E-state index is 0.296. The molecule has 0 aliphatic carbocycles. The number of carbonyl (C=O) groups excluding carboxylic acids is 4. The first-order valence-corrected chi connectivity index (χ1v) is 11.8. The Hall–Kier alpha value is -3.76. The number of nitrogens with zero attached hydrogens (tertiary/aromatic N) is 4. The molecule has 0 saturated carbocycles. The van der Waals surface area contributed by atoms with Gasteiger partial charge in [-0.2, -0.15) is 0 Å². The Morgan fingerprint density at radius 1 is 0.528 bits per heavy atom. The molecule has 4 aliphatic rings. The minimum Gasteiger partial charge on any atom is -0.497 e. The highest BCUT2D eigenvalue weighted by Gasteiger charge is 2.72. The second kappa shape index (κ2) is 7.87. The monoisotopic (exact) mass is 490 g/mol. The summed E-state index contributed by atoms with van der Waals surface area (Å²) in [5, 5.41) is 3.67. The smallest absolute Gasteiger partial charge is 0.248 e. The number of amides is 4. The van der Waals surface area contributed by atoms with Crippen LogP contribution in [0.1, 0.15) is 23.2 Å². The maximum atomic E-state index is 13.5. The Labute approximate surface area is 207 Å². The van der Waals surface area contributed by atoms with Crippen molar-refractivity contribution in [3.63, 3.8) is 0 Å². The van der Waals surface area contributed by atoms with E-state index in [1.807, 2.05) is 34.3 Å². The summed E-state index contributed by atoms with van der Waals surface area (Å²) in [6.45, 7) is 0. The van der Waals surface area contributed by atoms with Crippen LogP contribution in [-0.2, 0) is 19.2 Å². The quantitative estimate of drug-likeness (QED) is 0.586. The molecule has 0 N–H and O–H groups in total. The van der Waals surface area contributed by atoms with Crippen molar-refractivity contribution in [1.82, 2.24) is 19.8 Å². The molecule has 4 saturated heterocycles. The van der Waals surface area contributed by atoms with Crippen molar-refractivity contribution in [2.45, 2.75) is 24.2 Å². The molecule has 186 valence electrons. The summed E-state index contributed by atoms with van der Waals surface area (Å²) in [6, 6.07) is 11.7. The number of fused-ring (bicyclic) bond motifs is 5. The molecule has 0 spiro atoms. The van der Waals surface area contributed by atoms with Gasteiger partial charge in [-0.1, -0.05) is 24.3 Å². The van der Waals surface area contributed by atoms with Crippen LogP contribution in [0.2, 0.25) is 0 Å². The summed E-state index contributed by atoms with van der Waals surface area (Å²) in [5.74, 6) is -1.39. The van der Waals surface area contributed by atoms with Gasteiger partial charge in [0.2, 0.25) is 23.6 Å². The lowest BCUT2D eigenvalue weighted by atomic mass is 9.84. The van der Waals surface area contributed by atoms with Gasteiger partial charge in [-0.25, -0.2) is 10.0 Å². The lowest BCUT2D eigenvalue weighted by Gasteiger charge is -2.35. The van der Waals surface area contributed by atoms with Crippen LogP contribution in [0.15, 0.2) is 48.5 Å². The Bertz CT molecular complexity index is 1180. The van der Waals surface area contributed by atoms with E-state index >= 15 is 0 Å². The lowest BCUT2D eigenvalue weighted by Crippen LogP contribution is -2.49. The maximum absolute atomic E-state index is 13.5. The second-order valence-electron chi connectivity index (χ2n) is 9.61. The number of carbonyl (C=O) groups is 4. The van der Waals surface area contributed by atoms with Gasteiger partial charge in [-0.15, -0.1) is 0 Å². The number of benzene rings is 2. The molecule has 0 aromatic heterocycles. The van der Waals surface area contributed by atoms with Crippen LogP contribution < -0.4 is 9.47 Å². The van der Waals surface area contributed by atoms with Crippen molar-refractivity contribution >= 4 is 23.6 Å². The summed E-state index contributed by atoms with van der Waals surface area (Å²) in [6.07, 6.45) is 0. The van der Waals surface area contributed by atoms with Crippen LogP contribution in [0.5, 0.6) is 11.5 Å². The van der Waals surface area contributed by atoms with E-state index in [2.05, 4.69) is 0 Å². The van der Waals surface area contributed by atoms with Crippen LogP contribution in [0.3, 0.4) is 0 Å². The molecule has 36 heavy (non-hydrogen) atoms. The number of methoxy groups -OCH3 is 2. The summed E-state index contributed by atoms with van der Waals surface area (Å²) >= 11 is 0. The van der Waals surface area contributed by atoms with Gasteiger partial charge in [0.1, 0.15) is 23.6 Å². The zero-order chi connectivity index (χ0) is 25.5. The van der Waals surface area contributed by atoms with Crippen LogP contribution in [0.4, 0.5) is 0 Å². The topological polar surface area (TPSA) is 99.7 Å². The Balaban J connectivity index is 1.55. The van der Waals surface area contributed by atoms with Gasteiger partial charge in [0.25, 0.3) is 0 Å². The van der Waals surface area contributed by atoms with Gasteiger partial charge < -0.3 is 9.47 Å². The van der Waals surface area contributed by atoms with Crippen molar-refractivity contribution in [3.05, 3.63) is 59.7 Å². The Morgan fingerprint density at radius 3 is 1.17 bits per heavy atom. The summed E-state index contributed by atoms with van der Waals surface area (Å²) in [4.78, 5) is 56.1. The fourth-order valence-electron chi connectivity index (χ4n) is 6.38. The molecular formula is C26H26N4O6. The number of ether oxygens (including phenoxy) is 2. The van der Waals surface area contributed by atoms with Gasteiger partial charge >= 0.3 is 0 Å². The zero-order valence-electron chi connectivity index (χ0n) is 20.3. The molecule has 2 aromatic carbocycles. The first-order valence-electron chi connectivity index (χ1n) is 11.8. The van der Waals surface area contributed by atoms with Crippen molar-refractivity contribution in [2.75, 3.05) is 28.3 Å². The van der Waals surface area contributed by atoms with Crippen LogP contribution in [-0.4, -0.2) is 83.8 Å². The van der Waals surface area contributed by atoms with E-state index in [9.17, 15) is 19.2 Å². The molecule has 4 fully saturated rings. The minimum atomic E-state index is -0.821. The summed E-state index contributed by atoms with van der Waals surface area (Å²) < 4.78 is 10.6. The molecule has 6 rings (SSSR count). The van der Waals surface area contributed by atoms with Gasteiger partial charge in [0.15, 0.2) is 0 Å². The van der Waals surface area contributed by atoms with Crippen LogP contribution >= 0.6 is 0 Å². The molecular weight excluding hydrogens is 464 g/mol. The van der Waals surface area contributed by atoms with E-state index in [-0.39, 0.29) is 23.6 Å². The van der Waals surface area contributed by atoms with Crippen molar-refractivity contribution < 1.29 is 28.7 Å². The summed E-state index contributed by atoms with van der Waals surface area (Å²) in [5.41, 5.74) is 1.54. The molecule has 10 heteroatoms. The number of hydrogen-bond donors (Lipinski definition) is 0. The highest BCUT2D eigenvalue weighted by atomic mass is 16.5. The Morgan fingerprint density at radius 2 is 0.861 bits per heavy atom. The fraction of sp³-hybridized carbons (Fsp3) is 0.385. The first-order chi connectivity index (χ1) is 17.3. The number of hydrogen-bond acceptors (Lipinski definition) is 8. The normalized spacial score (nSPS) is 31.8. The predicted molar refractivity (Wildman–Crippen MR) is 125 cm³/mol. The molecule has 2 aromatic rings. The van der Waals surface area contributed by atoms with Gasteiger partial charge in [0.05, 0.1) is 38.1 Å². The number of hydrazine groups is 1. The highest BCUT2D eigenvalue weighted by Crippen LogP contribution is 2.58. The lowest BCUT2D eigenvalue weighted by molar-refractivity contribution is -0.151. The highest BCUT2D eigenvalue weighted by molar-refractivity contribution is 6.10. The van der Waals surface area contributed by atoms with E-state index in [0.29, 0.717) is 11.5 Å². The van der Waals surface area contributed by atoms with Crippen molar-refractivity contribution in [1.29, 1.82) is 0 Å². The SMILES string of the molecule is COc1ccc([C@@H]2[C@@H]3C(=O)N(C)C(=O)[C@@H]3N3[C@H](c4ccc(OC)cc4)[C@@H]4C(=O)N(C)C(=O)[C@@H]4N23)cc1. The van der Waals surface area contributed by atoms with E-state index in [0.717, 1.165) is 20.9 Å². The second-order valence-corrected chi connectivity index (χ2v) is 9.61.